The number of nitrogens with two attached hydrogens (primary N) is 1. The van der Waals surface area contributed by atoms with Gasteiger partial charge in [-0.15, -0.1) is 0 Å². The van der Waals surface area contributed by atoms with E-state index >= 15 is 0 Å². The minimum atomic E-state index is 0.216. The Morgan fingerprint density at radius 1 is 1.14 bits per heavy atom. The molecule has 0 aromatic heterocycles. The predicted octanol–water partition coefficient (Wildman–Crippen LogP) is 3.05. The number of carbonyl (C=O) groups is 1. The van der Waals surface area contributed by atoms with Crippen LogP contribution in [0.2, 0.25) is 0 Å². The average molecular weight is 280 g/mol. The van der Waals surface area contributed by atoms with E-state index in [0.717, 1.165) is 12.1 Å². The van der Waals surface area contributed by atoms with Gasteiger partial charge in [0.1, 0.15) is 0 Å². The number of nitrogens with zero attached hydrogens (tertiary/aromatic N) is 1. The summed E-state index contributed by atoms with van der Waals surface area (Å²) in [5.41, 5.74) is 11.5. The van der Waals surface area contributed by atoms with Crippen molar-refractivity contribution in [3.05, 3.63) is 64.7 Å². The normalized spacial score (nSPS) is 13.3. The van der Waals surface area contributed by atoms with Gasteiger partial charge in [0, 0.05) is 25.2 Å². The molecular weight excluding hydrogens is 260 g/mol. The summed E-state index contributed by atoms with van der Waals surface area (Å²) in [4.78, 5) is 14.3. The lowest BCUT2D eigenvalue weighted by atomic mass is 10.0. The minimum Gasteiger partial charge on any atom is -0.399 e. The molecule has 0 unspecified atom stereocenters. The molecule has 2 aromatic rings. The van der Waals surface area contributed by atoms with Crippen LogP contribution in [0, 0.1) is 6.92 Å². The summed E-state index contributed by atoms with van der Waals surface area (Å²) in [6.07, 6.45) is 1.37. The zero-order valence-electron chi connectivity index (χ0n) is 12.3. The first-order valence-corrected chi connectivity index (χ1v) is 7.33. The monoisotopic (exact) mass is 280 g/mol. The number of benzene rings is 2. The van der Waals surface area contributed by atoms with Crippen molar-refractivity contribution in [1.82, 2.24) is 4.90 Å². The van der Waals surface area contributed by atoms with Crippen LogP contribution in [0.25, 0.3) is 0 Å². The van der Waals surface area contributed by atoms with Crippen molar-refractivity contribution in [3.63, 3.8) is 0 Å². The first-order chi connectivity index (χ1) is 10.1. The molecule has 0 spiro atoms. The third kappa shape index (κ3) is 2.92. The number of anilines is 1. The van der Waals surface area contributed by atoms with Gasteiger partial charge in [-0.1, -0.05) is 30.3 Å². The summed E-state index contributed by atoms with van der Waals surface area (Å²) in [5.74, 6) is 0.216. The fourth-order valence-electron chi connectivity index (χ4n) is 2.88. The highest BCUT2D eigenvalue weighted by Crippen LogP contribution is 2.25. The van der Waals surface area contributed by atoms with Crippen LogP contribution in [0.15, 0.2) is 42.5 Å². The quantitative estimate of drug-likeness (QED) is 0.878. The summed E-state index contributed by atoms with van der Waals surface area (Å²) >= 11 is 0. The molecule has 108 valence electrons. The predicted molar refractivity (Wildman–Crippen MR) is 84.6 cm³/mol. The third-order valence-corrected chi connectivity index (χ3v) is 4.17. The van der Waals surface area contributed by atoms with Crippen LogP contribution >= 0.6 is 0 Å². The maximum atomic E-state index is 12.4. The second kappa shape index (κ2) is 5.60. The van der Waals surface area contributed by atoms with E-state index < -0.39 is 0 Å². The molecule has 1 aliphatic rings. The van der Waals surface area contributed by atoms with E-state index in [0.29, 0.717) is 19.5 Å². The Bertz CT molecular complexity index is 679. The maximum Gasteiger partial charge on any atom is 0.223 e. The molecule has 0 aliphatic carbocycles. The molecule has 0 saturated heterocycles. The van der Waals surface area contributed by atoms with Gasteiger partial charge in [-0.25, -0.2) is 0 Å². The largest absolute Gasteiger partial charge is 0.399 e. The smallest absolute Gasteiger partial charge is 0.223 e. The second-order valence-corrected chi connectivity index (χ2v) is 5.70. The van der Waals surface area contributed by atoms with Crippen LogP contribution in [0.3, 0.4) is 0 Å². The molecule has 0 bridgehead atoms. The highest BCUT2D eigenvalue weighted by Gasteiger charge is 2.22. The first-order valence-electron chi connectivity index (χ1n) is 7.33. The van der Waals surface area contributed by atoms with Gasteiger partial charge in [0.2, 0.25) is 5.91 Å². The van der Waals surface area contributed by atoms with Gasteiger partial charge in [0.25, 0.3) is 0 Å². The first kappa shape index (κ1) is 13.7. The molecule has 0 fully saturated rings. The van der Waals surface area contributed by atoms with E-state index in [2.05, 4.69) is 19.1 Å². The van der Waals surface area contributed by atoms with Crippen molar-refractivity contribution in [1.29, 1.82) is 0 Å². The van der Waals surface area contributed by atoms with Gasteiger partial charge >= 0.3 is 0 Å². The van der Waals surface area contributed by atoms with Crippen LogP contribution in [0.5, 0.6) is 0 Å². The summed E-state index contributed by atoms with van der Waals surface area (Å²) in [7, 11) is 0. The van der Waals surface area contributed by atoms with E-state index in [-0.39, 0.29) is 5.91 Å². The Labute approximate surface area is 125 Å². The van der Waals surface area contributed by atoms with Crippen molar-refractivity contribution in [2.75, 3.05) is 5.73 Å². The van der Waals surface area contributed by atoms with Gasteiger partial charge < -0.3 is 10.6 Å². The number of hydrogen-bond acceptors (Lipinski definition) is 2. The minimum absolute atomic E-state index is 0.216. The summed E-state index contributed by atoms with van der Waals surface area (Å²) in [6, 6.07) is 14.2. The number of hydrogen-bond donors (Lipinski definition) is 1. The van der Waals surface area contributed by atoms with Crippen LogP contribution in [-0.2, 0) is 24.3 Å². The van der Waals surface area contributed by atoms with Crippen molar-refractivity contribution < 1.29 is 4.79 Å². The Kier molecular flexibility index (Phi) is 3.65. The highest BCUT2D eigenvalue weighted by molar-refractivity contribution is 5.77. The molecule has 2 aromatic carbocycles. The van der Waals surface area contributed by atoms with E-state index in [1.807, 2.05) is 35.2 Å². The second-order valence-electron chi connectivity index (χ2n) is 5.70. The zero-order valence-corrected chi connectivity index (χ0v) is 12.3. The number of fused-ring (bicyclic) bond motifs is 1. The summed E-state index contributed by atoms with van der Waals surface area (Å²) in [6.45, 7) is 3.49. The Balaban J connectivity index is 1.62. The molecule has 0 radical (unpaired) electrons. The van der Waals surface area contributed by atoms with Crippen LogP contribution < -0.4 is 5.73 Å². The van der Waals surface area contributed by atoms with E-state index in [9.17, 15) is 4.79 Å². The molecule has 0 saturated carbocycles. The molecule has 21 heavy (non-hydrogen) atoms. The van der Waals surface area contributed by atoms with Gasteiger partial charge in [-0.3, -0.25) is 4.79 Å². The number of amides is 1. The van der Waals surface area contributed by atoms with Gasteiger partial charge in [-0.05, 0) is 47.7 Å². The Morgan fingerprint density at radius 3 is 2.71 bits per heavy atom. The molecule has 3 heteroatoms. The van der Waals surface area contributed by atoms with Crippen molar-refractivity contribution in [2.24, 2.45) is 0 Å². The standard InChI is InChI=1S/C18H20N2O/c1-13-4-2-3-5-14(13)7-9-18(21)20-11-15-6-8-17(19)10-16(15)12-20/h2-6,8,10H,7,9,11-12,19H2,1H3. The van der Waals surface area contributed by atoms with Crippen LogP contribution in [-0.4, -0.2) is 10.8 Å². The van der Waals surface area contributed by atoms with E-state index in [4.69, 9.17) is 5.73 Å². The van der Waals surface area contributed by atoms with Gasteiger partial charge in [0.05, 0.1) is 0 Å². The summed E-state index contributed by atoms with van der Waals surface area (Å²) in [5, 5.41) is 0. The van der Waals surface area contributed by atoms with Crippen LogP contribution in [0.4, 0.5) is 5.69 Å². The van der Waals surface area contributed by atoms with Gasteiger partial charge in [-0.2, -0.15) is 0 Å². The molecule has 1 aliphatic heterocycles. The Morgan fingerprint density at radius 2 is 1.90 bits per heavy atom. The van der Waals surface area contributed by atoms with E-state index in [1.54, 1.807) is 0 Å². The fourth-order valence-corrected chi connectivity index (χ4v) is 2.88. The zero-order chi connectivity index (χ0) is 14.8. The van der Waals surface area contributed by atoms with E-state index in [1.165, 1.54) is 22.3 Å². The third-order valence-electron chi connectivity index (χ3n) is 4.17. The van der Waals surface area contributed by atoms with Crippen molar-refractivity contribution >= 4 is 11.6 Å². The molecule has 2 N–H and O–H groups in total. The van der Waals surface area contributed by atoms with Crippen LogP contribution in [0.1, 0.15) is 28.7 Å². The van der Waals surface area contributed by atoms with Crippen molar-refractivity contribution in [3.8, 4) is 0 Å². The molecule has 0 atom stereocenters. The fraction of sp³-hybridized carbons (Fsp3) is 0.278. The average Bonchev–Trinajstić information content (AvgIpc) is 2.89. The molecule has 3 nitrogen and oxygen atoms in total. The number of carbonyl (C=O) groups excluding carboxylic acids is 1. The molecule has 1 amide bonds. The number of aryl methyl sites for hydroxylation is 2. The molecule has 3 rings (SSSR count). The lowest BCUT2D eigenvalue weighted by molar-refractivity contribution is -0.131. The molecule has 1 heterocycles. The lowest BCUT2D eigenvalue weighted by Crippen LogP contribution is -2.25. The van der Waals surface area contributed by atoms with Gasteiger partial charge in [0.15, 0.2) is 0 Å². The summed E-state index contributed by atoms with van der Waals surface area (Å²) < 4.78 is 0. The number of rotatable bonds is 3. The Hall–Kier alpha value is -2.29. The number of nitrogen functional groups attached to an aromatic ring is 1. The molecular formula is C18H20N2O. The highest BCUT2D eigenvalue weighted by atomic mass is 16.2. The SMILES string of the molecule is Cc1ccccc1CCC(=O)N1Cc2ccc(N)cc2C1. The van der Waals surface area contributed by atoms with Crippen molar-refractivity contribution in [2.45, 2.75) is 32.9 Å². The lowest BCUT2D eigenvalue weighted by Gasteiger charge is -2.15. The topological polar surface area (TPSA) is 46.3 Å². The maximum absolute atomic E-state index is 12.4.